The zero-order valence-corrected chi connectivity index (χ0v) is 16.0. The molecule has 0 aliphatic heterocycles. The van der Waals surface area contributed by atoms with Crippen LogP contribution in [-0.4, -0.2) is 0 Å². The molecule has 126 valence electrons. The van der Waals surface area contributed by atoms with Crippen LogP contribution in [0.3, 0.4) is 0 Å². The minimum absolute atomic E-state index is 0.00912. The SMILES string of the molecule is CC(C)(C)c1cc(C(C)(C)C)c2oc[n+](-c3ccc(Cl)cc3)c2c1. The molecule has 0 aliphatic carbocycles. The molecule has 0 saturated heterocycles. The Kier molecular flexibility index (Phi) is 4.00. The second kappa shape index (κ2) is 5.63. The van der Waals surface area contributed by atoms with Crippen molar-refractivity contribution in [3.63, 3.8) is 0 Å². The maximum atomic E-state index is 6.03. The van der Waals surface area contributed by atoms with Crippen LogP contribution in [0.5, 0.6) is 0 Å². The number of fused-ring (bicyclic) bond motifs is 1. The highest BCUT2D eigenvalue weighted by Gasteiger charge is 2.28. The monoisotopic (exact) mass is 342 g/mol. The predicted molar refractivity (Wildman–Crippen MR) is 100 cm³/mol. The Morgan fingerprint density at radius 1 is 0.875 bits per heavy atom. The van der Waals surface area contributed by atoms with Crippen LogP contribution in [0.1, 0.15) is 52.7 Å². The van der Waals surface area contributed by atoms with Gasteiger partial charge in [-0.1, -0.05) is 59.2 Å². The summed E-state index contributed by atoms with van der Waals surface area (Å²) in [6.07, 6.45) is 1.79. The highest BCUT2D eigenvalue weighted by atomic mass is 35.5. The number of benzene rings is 2. The summed E-state index contributed by atoms with van der Waals surface area (Å²) in [7, 11) is 0. The van der Waals surface area contributed by atoms with E-state index in [1.165, 1.54) is 11.1 Å². The van der Waals surface area contributed by atoms with Gasteiger partial charge >= 0.3 is 6.39 Å². The van der Waals surface area contributed by atoms with Crippen molar-refractivity contribution in [3.05, 3.63) is 58.9 Å². The molecule has 3 heteroatoms. The third-order valence-corrected chi connectivity index (χ3v) is 4.64. The fraction of sp³-hybridized carbons (Fsp3) is 0.381. The van der Waals surface area contributed by atoms with Crippen LogP contribution < -0.4 is 4.57 Å². The molecule has 3 rings (SSSR count). The molecule has 1 aromatic heterocycles. The van der Waals surface area contributed by atoms with Gasteiger partial charge in [0.25, 0.3) is 5.52 Å². The summed E-state index contributed by atoms with van der Waals surface area (Å²) in [5.41, 5.74) is 5.71. The third kappa shape index (κ3) is 3.08. The number of halogens is 1. The Morgan fingerprint density at radius 3 is 2.04 bits per heavy atom. The Balaban J connectivity index is 2.33. The van der Waals surface area contributed by atoms with Crippen LogP contribution >= 0.6 is 11.6 Å². The number of oxazole rings is 1. The molecule has 0 spiro atoms. The van der Waals surface area contributed by atoms with E-state index < -0.39 is 0 Å². The summed E-state index contributed by atoms with van der Waals surface area (Å²) in [6.45, 7) is 13.4. The maximum absolute atomic E-state index is 6.03. The summed E-state index contributed by atoms with van der Waals surface area (Å²) in [5, 5.41) is 0.734. The van der Waals surface area contributed by atoms with E-state index in [2.05, 4.69) is 58.2 Å². The highest BCUT2D eigenvalue weighted by Crippen LogP contribution is 2.34. The van der Waals surface area contributed by atoms with Crippen molar-refractivity contribution in [1.82, 2.24) is 0 Å². The molecule has 2 aromatic carbocycles. The van der Waals surface area contributed by atoms with Gasteiger partial charge in [0.05, 0.1) is 0 Å². The molecule has 1 heterocycles. The first-order valence-corrected chi connectivity index (χ1v) is 8.69. The molecule has 24 heavy (non-hydrogen) atoms. The molecule has 0 atom stereocenters. The first-order valence-electron chi connectivity index (χ1n) is 8.31. The molecule has 0 aliphatic rings. The van der Waals surface area contributed by atoms with E-state index in [1.54, 1.807) is 6.39 Å². The van der Waals surface area contributed by atoms with Crippen LogP contribution in [-0.2, 0) is 10.8 Å². The van der Waals surface area contributed by atoms with Crippen molar-refractivity contribution < 1.29 is 8.98 Å². The summed E-state index contributed by atoms with van der Waals surface area (Å²) < 4.78 is 8.08. The van der Waals surface area contributed by atoms with Crippen molar-refractivity contribution >= 4 is 22.7 Å². The molecule has 0 amide bonds. The highest BCUT2D eigenvalue weighted by molar-refractivity contribution is 6.30. The maximum Gasteiger partial charge on any atom is 0.341 e. The smallest absolute Gasteiger partial charge is 0.341 e. The molecule has 0 radical (unpaired) electrons. The van der Waals surface area contributed by atoms with Gasteiger partial charge in [0, 0.05) is 28.8 Å². The largest absolute Gasteiger partial charge is 0.403 e. The molecule has 0 N–H and O–H groups in total. The van der Waals surface area contributed by atoms with Crippen molar-refractivity contribution in [3.8, 4) is 5.69 Å². The Bertz CT molecular complexity index is 877. The summed E-state index contributed by atoms with van der Waals surface area (Å²) in [5.74, 6) is 0. The fourth-order valence-corrected chi connectivity index (χ4v) is 3.00. The van der Waals surface area contributed by atoms with E-state index in [0.717, 1.165) is 21.8 Å². The van der Waals surface area contributed by atoms with Gasteiger partial charge in [0.15, 0.2) is 0 Å². The molecule has 0 saturated carbocycles. The standard InChI is InChI=1S/C21H25ClNO/c1-20(2,3)14-11-17(21(4,5)6)19-18(12-14)23(13-24-19)16-9-7-15(22)8-10-16/h7-13H,1-6H3/q+1. The van der Waals surface area contributed by atoms with Crippen molar-refractivity contribution in [2.75, 3.05) is 0 Å². The number of nitrogens with zero attached hydrogens (tertiary/aromatic N) is 1. The zero-order valence-electron chi connectivity index (χ0n) is 15.3. The van der Waals surface area contributed by atoms with Crippen LogP contribution in [0.25, 0.3) is 16.8 Å². The lowest BCUT2D eigenvalue weighted by Gasteiger charge is -2.24. The normalized spacial score (nSPS) is 12.8. The van der Waals surface area contributed by atoms with Crippen LogP contribution in [0.15, 0.2) is 47.2 Å². The minimum Gasteiger partial charge on any atom is -0.403 e. The van der Waals surface area contributed by atoms with Gasteiger partial charge < -0.3 is 4.42 Å². The number of rotatable bonds is 1. The number of aromatic nitrogens is 1. The van der Waals surface area contributed by atoms with Crippen LogP contribution in [0.4, 0.5) is 0 Å². The van der Waals surface area contributed by atoms with E-state index in [4.69, 9.17) is 16.0 Å². The summed E-state index contributed by atoms with van der Waals surface area (Å²) >= 11 is 6.03. The van der Waals surface area contributed by atoms with E-state index in [1.807, 2.05) is 24.3 Å². The van der Waals surface area contributed by atoms with Gasteiger partial charge in [-0.25, -0.2) is 0 Å². The van der Waals surface area contributed by atoms with Crippen molar-refractivity contribution in [2.45, 2.75) is 52.4 Å². The molecule has 0 fully saturated rings. The first kappa shape index (κ1) is 17.0. The third-order valence-electron chi connectivity index (χ3n) is 4.38. The topological polar surface area (TPSA) is 17.0 Å². The number of hydrogen-bond donors (Lipinski definition) is 0. The molecular weight excluding hydrogens is 318 g/mol. The fourth-order valence-electron chi connectivity index (χ4n) is 2.87. The lowest BCUT2D eigenvalue weighted by Crippen LogP contribution is -2.29. The summed E-state index contributed by atoms with van der Waals surface area (Å²) in [6, 6.07) is 12.4. The second-order valence-electron chi connectivity index (χ2n) is 8.44. The van der Waals surface area contributed by atoms with E-state index >= 15 is 0 Å². The molecular formula is C21H25ClNO+. The first-order chi connectivity index (χ1) is 11.1. The average molecular weight is 343 g/mol. The van der Waals surface area contributed by atoms with Crippen LogP contribution in [0.2, 0.25) is 5.02 Å². The van der Waals surface area contributed by atoms with Gasteiger partial charge in [-0.15, -0.1) is 4.57 Å². The van der Waals surface area contributed by atoms with E-state index in [0.29, 0.717) is 0 Å². The van der Waals surface area contributed by atoms with Gasteiger partial charge in [-0.05, 0) is 28.5 Å². The lowest BCUT2D eigenvalue weighted by molar-refractivity contribution is -0.573. The molecule has 0 unspecified atom stereocenters. The van der Waals surface area contributed by atoms with Gasteiger partial charge in [0.1, 0.15) is 0 Å². The molecule has 2 nitrogen and oxygen atoms in total. The molecule has 3 aromatic rings. The Morgan fingerprint density at radius 2 is 1.50 bits per heavy atom. The van der Waals surface area contributed by atoms with Gasteiger partial charge in [-0.2, -0.15) is 0 Å². The van der Waals surface area contributed by atoms with Crippen LogP contribution in [0, 0.1) is 0 Å². The predicted octanol–water partition coefficient (Wildman–Crippen LogP) is 5.96. The van der Waals surface area contributed by atoms with Crippen molar-refractivity contribution in [1.29, 1.82) is 0 Å². The average Bonchev–Trinajstić information content (AvgIpc) is 2.89. The Labute approximate surface area is 149 Å². The Hall–Kier alpha value is -1.80. The van der Waals surface area contributed by atoms with Gasteiger partial charge in [0.2, 0.25) is 11.3 Å². The zero-order chi connectivity index (χ0) is 17.7. The van der Waals surface area contributed by atoms with Crippen molar-refractivity contribution in [2.24, 2.45) is 0 Å². The quantitative estimate of drug-likeness (QED) is 0.499. The minimum atomic E-state index is 0.00912. The lowest BCUT2D eigenvalue weighted by atomic mass is 9.80. The second-order valence-corrected chi connectivity index (χ2v) is 8.88. The molecule has 0 bridgehead atoms. The van der Waals surface area contributed by atoms with Gasteiger partial charge in [-0.3, -0.25) is 0 Å². The van der Waals surface area contributed by atoms with E-state index in [9.17, 15) is 0 Å². The number of hydrogen-bond acceptors (Lipinski definition) is 1. The van der Waals surface area contributed by atoms with E-state index in [-0.39, 0.29) is 10.8 Å². The summed E-state index contributed by atoms with van der Waals surface area (Å²) in [4.78, 5) is 0.